The second-order valence-corrected chi connectivity index (χ2v) is 4.88. The number of ether oxygens (including phenoxy) is 1. The minimum Gasteiger partial charge on any atom is -0.469 e. The number of aromatic nitrogens is 1. The smallest absolute Gasteiger partial charge is 0.310 e. The molecule has 2 rings (SSSR count). The molecule has 0 aromatic carbocycles. The van der Waals surface area contributed by atoms with Crippen molar-refractivity contribution < 1.29 is 9.53 Å². The van der Waals surface area contributed by atoms with E-state index in [1.165, 1.54) is 13.3 Å². The van der Waals surface area contributed by atoms with Crippen LogP contribution in [0.3, 0.4) is 0 Å². The van der Waals surface area contributed by atoms with Crippen molar-refractivity contribution in [3.05, 3.63) is 22.8 Å². The molecule has 1 aliphatic rings. The Kier molecular flexibility index (Phi) is 4.23. The van der Waals surface area contributed by atoms with Crippen molar-refractivity contribution in [3.63, 3.8) is 0 Å². The van der Waals surface area contributed by atoms with E-state index in [9.17, 15) is 4.79 Å². The molecule has 1 fully saturated rings. The fourth-order valence-electron chi connectivity index (χ4n) is 2.35. The predicted octanol–water partition coefficient (Wildman–Crippen LogP) is 2.36. The van der Waals surface area contributed by atoms with Crippen LogP contribution in [-0.4, -0.2) is 24.1 Å². The van der Waals surface area contributed by atoms with Crippen LogP contribution in [0.5, 0.6) is 0 Å². The summed E-state index contributed by atoms with van der Waals surface area (Å²) >= 11 is 6.06. The first-order valence-corrected chi connectivity index (χ1v) is 6.43. The minimum atomic E-state index is -0.209. The van der Waals surface area contributed by atoms with Gasteiger partial charge in [0.1, 0.15) is 11.9 Å². The molecule has 1 N–H and O–H groups in total. The van der Waals surface area contributed by atoms with E-state index in [-0.39, 0.29) is 17.9 Å². The van der Waals surface area contributed by atoms with E-state index >= 15 is 0 Å². The van der Waals surface area contributed by atoms with Gasteiger partial charge >= 0.3 is 5.97 Å². The number of pyridine rings is 1. The number of carbonyl (C=O) groups is 1. The van der Waals surface area contributed by atoms with Gasteiger partial charge in [0.05, 0.1) is 23.6 Å². The molecule has 1 aromatic rings. The predicted molar refractivity (Wildman–Crippen MR) is 70.7 cm³/mol. The first-order chi connectivity index (χ1) is 9.15. The summed E-state index contributed by atoms with van der Waals surface area (Å²) in [6.45, 7) is 0. The first-order valence-electron chi connectivity index (χ1n) is 6.05. The number of carbonyl (C=O) groups excluding carboxylic acids is 1. The zero-order valence-corrected chi connectivity index (χ0v) is 11.3. The van der Waals surface area contributed by atoms with Crippen LogP contribution in [0.2, 0.25) is 5.02 Å². The lowest BCUT2D eigenvalue weighted by molar-refractivity contribution is -0.145. The molecule has 0 unspecified atom stereocenters. The van der Waals surface area contributed by atoms with E-state index in [0.29, 0.717) is 16.4 Å². The summed E-state index contributed by atoms with van der Waals surface area (Å²) in [5.41, 5.74) is 0.409. The number of hydrogen-bond acceptors (Lipinski definition) is 5. The normalized spacial score (nSPS) is 21.7. The van der Waals surface area contributed by atoms with Gasteiger partial charge in [-0.2, -0.15) is 5.26 Å². The molecule has 0 bridgehead atoms. The third-order valence-corrected chi connectivity index (χ3v) is 3.60. The molecule has 1 heterocycles. The first kappa shape index (κ1) is 13.6. The summed E-state index contributed by atoms with van der Waals surface area (Å²) < 4.78 is 4.79. The maximum atomic E-state index is 11.6. The summed E-state index contributed by atoms with van der Waals surface area (Å²) in [5, 5.41) is 12.3. The van der Waals surface area contributed by atoms with E-state index in [0.717, 1.165) is 19.3 Å². The number of nitrogens with zero attached hydrogens (tertiary/aromatic N) is 2. The molecule has 0 amide bonds. The highest BCUT2D eigenvalue weighted by Crippen LogP contribution is 2.31. The average Bonchev–Trinajstić information content (AvgIpc) is 2.88. The van der Waals surface area contributed by atoms with Crippen molar-refractivity contribution in [1.29, 1.82) is 5.26 Å². The summed E-state index contributed by atoms with van der Waals surface area (Å²) in [6, 6.07) is 3.51. The van der Waals surface area contributed by atoms with Gasteiger partial charge in [-0.25, -0.2) is 4.98 Å². The number of nitriles is 1. The lowest BCUT2D eigenvalue weighted by Gasteiger charge is -2.20. The molecule has 5 nitrogen and oxygen atoms in total. The van der Waals surface area contributed by atoms with E-state index in [2.05, 4.69) is 10.3 Å². The fraction of sp³-hybridized carbons (Fsp3) is 0.462. The Hall–Kier alpha value is -1.80. The van der Waals surface area contributed by atoms with Gasteiger partial charge in [0.25, 0.3) is 0 Å². The Morgan fingerprint density at radius 3 is 3.05 bits per heavy atom. The second kappa shape index (κ2) is 5.89. The van der Waals surface area contributed by atoms with E-state index in [1.54, 1.807) is 6.07 Å². The van der Waals surface area contributed by atoms with Crippen LogP contribution >= 0.6 is 11.6 Å². The molecule has 6 heteroatoms. The van der Waals surface area contributed by atoms with Gasteiger partial charge in [0, 0.05) is 12.2 Å². The Balaban J connectivity index is 2.12. The summed E-state index contributed by atoms with van der Waals surface area (Å²) in [6.07, 6.45) is 4.09. The summed E-state index contributed by atoms with van der Waals surface area (Å²) in [5.74, 6) is 0.125. The number of halogens is 1. The molecule has 0 spiro atoms. The van der Waals surface area contributed by atoms with Gasteiger partial charge in [-0.15, -0.1) is 0 Å². The molecule has 19 heavy (non-hydrogen) atoms. The number of methoxy groups -OCH3 is 1. The van der Waals surface area contributed by atoms with E-state index in [1.807, 2.05) is 6.07 Å². The number of rotatable bonds is 3. The Morgan fingerprint density at radius 1 is 1.63 bits per heavy atom. The van der Waals surface area contributed by atoms with Crippen LogP contribution in [-0.2, 0) is 9.53 Å². The summed E-state index contributed by atoms with van der Waals surface area (Å²) in [7, 11) is 1.39. The highest BCUT2D eigenvalue weighted by molar-refractivity contribution is 6.33. The molecule has 0 saturated heterocycles. The zero-order chi connectivity index (χ0) is 13.8. The number of esters is 1. The highest BCUT2D eigenvalue weighted by Gasteiger charge is 2.34. The van der Waals surface area contributed by atoms with Gasteiger partial charge in [0.15, 0.2) is 0 Å². The topological polar surface area (TPSA) is 75.0 Å². The van der Waals surface area contributed by atoms with Crippen LogP contribution in [0, 0.1) is 17.2 Å². The van der Waals surface area contributed by atoms with Crippen LogP contribution in [0.15, 0.2) is 12.3 Å². The number of anilines is 1. The molecular weight excluding hydrogens is 266 g/mol. The van der Waals surface area contributed by atoms with Crippen molar-refractivity contribution in [2.45, 2.75) is 25.3 Å². The monoisotopic (exact) mass is 279 g/mol. The fourth-order valence-corrected chi connectivity index (χ4v) is 2.57. The average molecular weight is 280 g/mol. The van der Waals surface area contributed by atoms with Crippen LogP contribution in [0.1, 0.15) is 24.8 Å². The molecule has 1 saturated carbocycles. The lowest BCUT2D eigenvalue weighted by Crippen LogP contribution is -2.31. The van der Waals surface area contributed by atoms with Crippen LogP contribution in [0.25, 0.3) is 0 Å². The van der Waals surface area contributed by atoms with Gasteiger partial charge in [-0.05, 0) is 18.9 Å². The molecule has 100 valence electrons. The summed E-state index contributed by atoms with van der Waals surface area (Å²) in [4.78, 5) is 15.8. The maximum Gasteiger partial charge on any atom is 0.310 e. The number of hydrogen-bond donors (Lipinski definition) is 1. The van der Waals surface area contributed by atoms with E-state index in [4.69, 9.17) is 21.6 Å². The van der Waals surface area contributed by atoms with Crippen LogP contribution in [0.4, 0.5) is 5.82 Å². The van der Waals surface area contributed by atoms with E-state index < -0.39 is 0 Å². The third-order valence-electron chi connectivity index (χ3n) is 3.31. The van der Waals surface area contributed by atoms with Crippen molar-refractivity contribution in [2.75, 3.05) is 12.4 Å². The number of nitrogens with one attached hydrogen (secondary N) is 1. The Bertz CT molecular complexity index is 527. The quantitative estimate of drug-likeness (QED) is 0.860. The molecule has 2 atom stereocenters. The van der Waals surface area contributed by atoms with Crippen molar-refractivity contribution in [3.8, 4) is 6.07 Å². The Labute approximate surface area is 116 Å². The SMILES string of the molecule is COC(=O)[C@@H]1CCC[C@@H]1Nc1ncc(C#N)cc1Cl. The largest absolute Gasteiger partial charge is 0.469 e. The van der Waals surface area contributed by atoms with Gasteiger partial charge in [0.2, 0.25) is 0 Å². The molecular formula is C13H14ClN3O2. The van der Waals surface area contributed by atoms with Gasteiger partial charge in [-0.3, -0.25) is 4.79 Å². The van der Waals surface area contributed by atoms with Crippen molar-refractivity contribution in [2.24, 2.45) is 5.92 Å². The second-order valence-electron chi connectivity index (χ2n) is 4.48. The van der Waals surface area contributed by atoms with Gasteiger partial charge in [-0.1, -0.05) is 18.0 Å². The van der Waals surface area contributed by atoms with Crippen molar-refractivity contribution >= 4 is 23.4 Å². The molecule has 1 aliphatic carbocycles. The zero-order valence-electron chi connectivity index (χ0n) is 10.5. The molecule has 1 aromatic heterocycles. The highest BCUT2D eigenvalue weighted by atomic mass is 35.5. The third kappa shape index (κ3) is 2.96. The standard InChI is InChI=1S/C13H14ClN3O2/c1-19-13(18)9-3-2-4-11(9)17-12-10(14)5-8(6-15)7-16-12/h5,7,9,11H,2-4H2,1H3,(H,16,17)/t9-,11+/m1/s1. The lowest BCUT2D eigenvalue weighted by atomic mass is 10.0. The van der Waals surface area contributed by atoms with Crippen LogP contribution < -0.4 is 5.32 Å². The van der Waals surface area contributed by atoms with Crippen molar-refractivity contribution in [1.82, 2.24) is 4.98 Å². The Morgan fingerprint density at radius 2 is 2.42 bits per heavy atom. The molecule has 0 radical (unpaired) electrons. The maximum absolute atomic E-state index is 11.6. The molecule has 0 aliphatic heterocycles. The van der Waals surface area contributed by atoms with Gasteiger partial charge < -0.3 is 10.1 Å². The minimum absolute atomic E-state index is 0.0228.